The molecule has 118 heavy (non-hydrogen) atoms. The standard InChI is InChI=1S/C87H108N8O23/c1-52(2)65(41-63(96)26-32-113-34-28-88-78(100)25-29-91-79(101)23-24-80(91)102)81(103)89-57(8)73(99)40-59-17-21-61(22-18-59)51-118-87(109)95-70-46-77(75(112-11)44-68(70)84(106)93-48-55(6)38-71(93)85(95)107)116-31-14-12-13-30-115-76-45-69-67(43-74(76)111-10)83(105)92-47-54(5)37-62(92)49-94(69)86(108)117-50-60-19-15-58(16-20-60)39-72(98)56(7)90-82(104)66(53(3)4)42-64(97)27-33-114-36-35-110-9/h15-24,43-46,49,52-53,56-57,62,65-66,71,85,107H,5-6,12-14,25-42,47-48,50-51H2,1-4,7-11H3,(H2-,88,89,90,100,103,104)/p+1/t56-,57-,62-,65-,66-,71-,85-/m0/s1. The molecule has 2 fully saturated rings. The Morgan fingerprint density at radius 1 is 0.559 bits per heavy atom. The van der Waals surface area contributed by atoms with E-state index in [0.29, 0.717) is 66.7 Å². The molecule has 634 valence electrons. The summed E-state index contributed by atoms with van der Waals surface area (Å²) in [7, 11) is 4.41. The summed E-state index contributed by atoms with van der Waals surface area (Å²) in [5.74, 6) is -4.75. The molecule has 4 N–H and O–H groups in total. The highest BCUT2D eigenvalue weighted by Crippen LogP contribution is 2.43. The molecule has 0 spiro atoms. The lowest BCUT2D eigenvalue weighted by Crippen LogP contribution is -2.50. The van der Waals surface area contributed by atoms with E-state index in [1.54, 1.807) is 101 Å². The van der Waals surface area contributed by atoms with Gasteiger partial charge >= 0.3 is 12.2 Å². The number of methoxy groups -OCH3 is 3. The third-order valence-electron chi connectivity index (χ3n) is 21.2. The Balaban J connectivity index is 0.752. The van der Waals surface area contributed by atoms with Crippen LogP contribution in [0, 0.1) is 23.7 Å². The summed E-state index contributed by atoms with van der Waals surface area (Å²) >= 11 is 0. The first kappa shape index (κ1) is 90.6. The molecule has 2 saturated heterocycles. The number of hydrogen-bond acceptors (Lipinski definition) is 23. The number of aliphatic hydroxyl groups is 1. The number of hydrogen-bond donors (Lipinski definition) is 4. The largest absolute Gasteiger partial charge is 0.602 e. The lowest BCUT2D eigenvalue weighted by Gasteiger charge is -2.31. The molecule has 4 aromatic rings. The number of unbranched alkanes of at least 4 members (excludes halogenated alkanes) is 2. The minimum atomic E-state index is -1.58. The molecular formula is C87H109N8O23+. The van der Waals surface area contributed by atoms with Gasteiger partial charge in [-0.25, -0.2) is 9.69 Å². The number of nitrogens with one attached hydrogen (secondary N) is 3. The van der Waals surface area contributed by atoms with Crippen LogP contribution in [0.1, 0.15) is 149 Å². The maximum Gasteiger partial charge on any atom is 0.602 e. The maximum atomic E-state index is 14.4. The average molecular weight is 1630 g/mol. The van der Waals surface area contributed by atoms with E-state index < -0.39 is 78.0 Å². The van der Waals surface area contributed by atoms with Gasteiger partial charge in [0.2, 0.25) is 23.4 Å². The highest BCUT2D eigenvalue weighted by molar-refractivity contribution is 6.13. The van der Waals surface area contributed by atoms with Crippen molar-refractivity contribution < 1.29 is 115 Å². The van der Waals surface area contributed by atoms with Crippen molar-refractivity contribution in [3.8, 4) is 23.0 Å². The average Bonchev–Trinajstić information content (AvgIpc) is 1.60. The molecule has 9 rings (SSSR count). The van der Waals surface area contributed by atoms with Crippen LogP contribution in [0.25, 0.3) is 0 Å². The van der Waals surface area contributed by atoms with Crippen LogP contribution in [0.15, 0.2) is 109 Å². The number of carbonyl (C=O) groups is 13. The molecule has 0 saturated carbocycles. The van der Waals surface area contributed by atoms with Crippen LogP contribution in [0.3, 0.4) is 0 Å². The van der Waals surface area contributed by atoms with Crippen molar-refractivity contribution in [3.63, 3.8) is 0 Å². The van der Waals surface area contributed by atoms with E-state index in [-0.39, 0.29) is 222 Å². The second-order valence-electron chi connectivity index (χ2n) is 30.7. The number of Topliss-reactive ketones (excluding diaryl/α,β-unsaturated/α-hetero) is 4. The number of aliphatic hydroxyl groups excluding tert-OH is 1. The van der Waals surface area contributed by atoms with Crippen molar-refractivity contribution in [3.05, 3.63) is 143 Å². The minimum absolute atomic E-state index is 0.00608. The van der Waals surface area contributed by atoms with Crippen LogP contribution >= 0.6 is 0 Å². The lowest BCUT2D eigenvalue weighted by molar-refractivity contribution is -0.355. The molecular weight excluding hydrogens is 1520 g/mol. The van der Waals surface area contributed by atoms with E-state index >= 15 is 0 Å². The predicted octanol–water partition coefficient (Wildman–Crippen LogP) is 8.00. The Morgan fingerprint density at radius 2 is 1.06 bits per heavy atom. The Kier molecular flexibility index (Phi) is 33.2. The molecule has 5 aliphatic rings. The van der Waals surface area contributed by atoms with Gasteiger partial charge in [0, 0.05) is 114 Å². The van der Waals surface area contributed by atoms with Gasteiger partial charge in [0.25, 0.3) is 23.6 Å². The van der Waals surface area contributed by atoms with Crippen LogP contribution in [0.2, 0.25) is 0 Å². The number of ether oxygens (including phenoxy) is 9. The highest BCUT2D eigenvalue weighted by atomic mass is 16.6. The number of rotatable bonds is 45. The maximum absolute atomic E-state index is 14.4. The van der Waals surface area contributed by atoms with Crippen molar-refractivity contribution in [2.75, 3.05) is 98.7 Å². The zero-order valence-electron chi connectivity index (χ0n) is 68.6. The number of ketones is 4. The van der Waals surface area contributed by atoms with Gasteiger partial charge in [0.15, 0.2) is 47.0 Å². The van der Waals surface area contributed by atoms with Gasteiger partial charge in [0.1, 0.15) is 36.4 Å². The van der Waals surface area contributed by atoms with Crippen LogP contribution in [0.4, 0.5) is 21.0 Å². The lowest BCUT2D eigenvalue weighted by atomic mass is 9.88. The first-order chi connectivity index (χ1) is 56.5. The van der Waals surface area contributed by atoms with Gasteiger partial charge < -0.3 is 73.5 Å². The van der Waals surface area contributed by atoms with Crippen LogP contribution < -0.4 is 39.8 Å². The van der Waals surface area contributed by atoms with Gasteiger partial charge in [0.05, 0.1) is 95.9 Å². The summed E-state index contributed by atoms with van der Waals surface area (Å²) < 4.78 is 53.1. The third-order valence-corrected chi connectivity index (χ3v) is 21.2. The highest BCUT2D eigenvalue weighted by Gasteiger charge is 2.47. The summed E-state index contributed by atoms with van der Waals surface area (Å²) in [5, 5.41) is 20.3. The predicted molar refractivity (Wildman–Crippen MR) is 430 cm³/mol. The third kappa shape index (κ3) is 24.4. The monoisotopic (exact) mass is 1630 g/mol. The van der Waals surface area contributed by atoms with Gasteiger partial charge in [-0.2, -0.15) is 4.79 Å². The first-order valence-corrected chi connectivity index (χ1v) is 39.9. The van der Waals surface area contributed by atoms with E-state index in [1.807, 2.05) is 13.8 Å². The molecule has 0 aliphatic carbocycles. The summed E-state index contributed by atoms with van der Waals surface area (Å²) in [6.07, 6.45) is 2.76. The number of anilines is 1. The molecule has 0 radical (unpaired) electrons. The molecule has 31 heteroatoms. The van der Waals surface area contributed by atoms with Crippen LogP contribution in [-0.2, 0) is 92.9 Å². The van der Waals surface area contributed by atoms with Crippen molar-refractivity contribution in [1.82, 2.24) is 30.7 Å². The van der Waals surface area contributed by atoms with Crippen molar-refractivity contribution in [1.29, 1.82) is 0 Å². The molecule has 5 aliphatic heterocycles. The fourth-order valence-electron chi connectivity index (χ4n) is 14.2. The molecule has 31 nitrogen and oxygen atoms in total. The van der Waals surface area contributed by atoms with E-state index in [9.17, 15) is 67.4 Å². The second-order valence-corrected chi connectivity index (χ2v) is 30.7. The molecule has 9 amide bonds. The van der Waals surface area contributed by atoms with Crippen molar-refractivity contribution in [2.45, 2.75) is 162 Å². The number of amides is 9. The van der Waals surface area contributed by atoms with Crippen LogP contribution in [-0.4, -0.2) is 231 Å². The molecule has 5 heterocycles. The van der Waals surface area contributed by atoms with E-state index in [1.165, 1.54) is 41.9 Å². The molecule has 0 bridgehead atoms. The number of carbonyl (C=O) groups excluding carboxylic acids is 13. The molecule has 7 atom stereocenters. The summed E-state index contributed by atoms with van der Waals surface area (Å²) in [6.45, 7) is 20.2. The zero-order chi connectivity index (χ0) is 85.4. The topological polar surface area (TPSA) is 377 Å². The quantitative estimate of drug-likeness (QED) is 0.0141. The molecule has 0 aromatic heterocycles. The van der Waals surface area contributed by atoms with E-state index in [2.05, 4.69) is 29.1 Å². The van der Waals surface area contributed by atoms with E-state index in [4.69, 9.17) is 42.6 Å². The molecule has 0 unspecified atom stereocenters. The normalized spacial score (nSPS) is 17.2. The van der Waals surface area contributed by atoms with Crippen LogP contribution in [0.5, 0.6) is 23.0 Å². The fraction of sp³-hybridized carbons (Fsp3) is 0.494. The molecule has 4 aromatic carbocycles. The van der Waals surface area contributed by atoms with Crippen molar-refractivity contribution >= 4 is 94.3 Å². The smallest absolute Gasteiger partial charge is 0.493 e. The Morgan fingerprint density at radius 3 is 1.60 bits per heavy atom. The number of fused-ring (bicyclic) bond motifs is 4. The fourth-order valence-corrected chi connectivity index (χ4v) is 14.2. The summed E-state index contributed by atoms with van der Waals surface area (Å²) in [4.78, 5) is 178. The zero-order valence-corrected chi connectivity index (χ0v) is 68.6. The number of nitrogens with zero attached hydrogens (tertiary/aromatic N) is 5. The summed E-state index contributed by atoms with van der Waals surface area (Å²) in [6, 6.07) is 16.5. The number of benzene rings is 4. The first-order valence-electron chi connectivity index (χ1n) is 39.9. The van der Waals surface area contributed by atoms with E-state index in [0.717, 1.165) is 27.5 Å². The Bertz CT molecular complexity index is 4440. The minimum Gasteiger partial charge on any atom is -0.493 e. The van der Waals surface area contributed by atoms with Gasteiger partial charge in [-0.05, 0) is 86.1 Å². The van der Waals surface area contributed by atoms with Gasteiger partial charge in [-0.15, -0.1) is 0 Å². The van der Waals surface area contributed by atoms with Gasteiger partial charge in [-0.1, -0.05) is 105 Å². The SMILES string of the molecule is C=C1C[C@H]2C=[N+](C(=O)OCc3ccc(CC(=O)[C@H](C)NC(=O)[C@@H](CC(=O)CCOCCOC)C(C)C)cc3)c3cc(OCCCCCOc4cc5c(cc4OC)C(=O)N4CC(=C)C[C@H]4[C@H](O)N5C(=O)OCc4ccc(CC(=O)[C@H](C)NC(=O)[C@@H](CC(=O)CCOCCNC(=O)CCN5C(=O)C=CC5=O)C(C)C)cc4)c(OC)cc3C(=O)N2C1. The Labute approximate surface area is 686 Å². The van der Waals surface area contributed by atoms with Crippen molar-refractivity contribution in [2.24, 2.45) is 23.7 Å². The number of imide groups is 1. The summed E-state index contributed by atoms with van der Waals surface area (Å²) in [5.41, 5.74) is 4.32. The Hall–Kier alpha value is -11.3. The van der Waals surface area contributed by atoms with Gasteiger partial charge in [-0.3, -0.25) is 57.6 Å². The second kappa shape index (κ2) is 43.3.